The van der Waals surface area contributed by atoms with Crippen molar-refractivity contribution in [3.63, 3.8) is 0 Å². The van der Waals surface area contributed by atoms with Crippen LogP contribution in [0.25, 0.3) is 0 Å². The van der Waals surface area contributed by atoms with Crippen LogP contribution < -0.4 is 10.5 Å². The van der Waals surface area contributed by atoms with E-state index in [1.807, 2.05) is 13.8 Å². The molecule has 0 fully saturated rings. The average Bonchev–Trinajstić information content (AvgIpc) is 2.35. The van der Waals surface area contributed by atoms with E-state index >= 15 is 0 Å². The third-order valence-corrected chi connectivity index (χ3v) is 2.84. The molecule has 2 aromatic rings. The van der Waals surface area contributed by atoms with Crippen LogP contribution in [-0.4, -0.2) is 4.98 Å². The Labute approximate surface area is 116 Å². The van der Waals surface area contributed by atoms with Crippen LogP contribution in [0.5, 0.6) is 11.6 Å². The zero-order valence-corrected chi connectivity index (χ0v) is 11.3. The van der Waals surface area contributed by atoms with Gasteiger partial charge in [0.25, 0.3) is 0 Å². The number of halogens is 1. The van der Waals surface area contributed by atoms with E-state index in [2.05, 4.69) is 11.1 Å². The lowest BCUT2D eigenvalue weighted by Gasteiger charge is -2.12. The van der Waals surface area contributed by atoms with Crippen molar-refractivity contribution < 1.29 is 4.74 Å². The number of benzene rings is 1. The van der Waals surface area contributed by atoms with Gasteiger partial charge in [0.2, 0.25) is 5.88 Å². The van der Waals surface area contributed by atoms with Gasteiger partial charge in [-0.3, -0.25) is 0 Å². The summed E-state index contributed by atoms with van der Waals surface area (Å²) in [5.74, 6) is 0.959. The maximum atomic E-state index is 8.90. The summed E-state index contributed by atoms with van der Waals surface area (Å²) in [6, 6.07) is 7.20. The minimum atomic E-state index is 0.306. The molecule has 0 spiro atoms. The summed E-state index contributed by atoms with van der Waals surface area (Å²) in [5.41, 5.74) is 8.48. The van der Waals surface area contributed by atoms with Gasteiger partial charge in [0.1, 0.15) is 5.75 Å². The highest BCUT2D eigenvalue weighted by atomic mass is 35.5. The van der Waals surface area contributed by atoms with Crippen molar-refractivity contribution in [2.24, 2.45) is 0 Å². The van der Waals surface area contributed by atoms with Crippen LogP contribution in [0.2, 0.25) is 5.02 Å². The first-order valence-corrected chi connectivity index (χ1v) is 5.99. The van der Waals surface area contributed by atoms with Gasteiger partial charge < -0.3 is 10.5 Å². The molecule has 0 saturated heterocycles. The Hall–Kier alpha value is -2.25. The van der Waals surface area contributed by atoms with Crippen molar-refractivity contribution in [3.05, 3.63) is 46.1 Å². The number of aryl methyl sites for hydroxylation is 2. The third kappa shape index (κ3) is 2.78. The number of hydrogen-bond acceptors (Lipinski definition) is 4. The summed E-state index contributed by atoms with van der Waals surface area (Å²) < 4.78 is 5.72. The SMILES string of the molecule is Cc1cc(C#N)cc(C)c1Oc1ncc(Cl)cc1N. The predicted molar refractivity (Wildman–Crippen MR) is 74.4 cm³/mol. The van der Waals surface area contributed by atoms with Crippen molar-refractivity contribution in [2.75, 3.05) is 5.73 Å². The zero-order valence-electron chi connectivity index (χ0n) is 10.6. The van der Waals surface area contributed by atoms with Gasteiger partial charge >= 0.3 is 0 Å². The lowest BCUT2D eigenvalue weighted by atomic mass is 10.1. The molecule has 19 heavy (non-hydrogen) atoms. The van der Waals surface area contributed by atoms with Crippen LogP contribution in [0, 0.1) is 25.2 Å². The molecule has 2 rings (SSSR count). The van der Waals surface area contributed by atoms with E-state index in [4.69, 9.17) is 27.3 Å². The van der Waals surface area contributed by atoms with Crippen LogP contribution in [0.1, 0.15) is 16.7 Å². The molecule has 0 amide bonds. The van der Waals surface area contributed by atoms with Crippen molar-refractivity contribution in [1.82, 2.24) is 4.98 Å². The van der Waals surface area contributed by atoms with E-state index in [-0.39, 0.29) is 0 Å². The highest BCUT2D eigenvalue weighted by Gasteiger charge is 2.11. The van der Waals surface area contributed by atoms with Crippen LogP contribution >= 0.6 is 11.6 Å². The minimum Gasteiger partial charge on any atom is -0.437 e. The molecule has 1 aromatic carbocycles. The first kappa shape index (κ1) is 13.2. The molecule has 5 heteroatoms. The van der Waals surface area contributed by atoms with Gasteiger partial charge in [0, 0.05) is 6.20 Å². The van der Waals surface area contributed by atoms with Crippen molar-refractivity contribution in [3.8, 4) is 17.7 Å². The van der Waals surface area contributed by atoms with Crippen molar-refractivity contribution >= 4 is 17.3 Å². The Balaban J connectivity index is 2.41. The van der Waals surface area contributed by atoms with Gasteiger partial charge in [-0.05, 0) is 43.2 Å². The number of nitriles is 1. The number of aromatic nitrogens is 1. The molecule has 0 aliphatic carbocycles. The van der Waals surface area contributed by atoms with Crippen LogP contribution in [-0.2, 0) is 0 Å². The summed E-state index contributed by atoms with van der Waals surface area (Å²) in [7, 11) is 0. The molecule has 1 heterocycles. The van der Waals surface area contributed by atoms with E-state index in [1.165, 1.54) is 6.20 Å². The van der Waals surface area contributed by atoms with Gasteiger partial charge in [-0.2, -0.15) is 5.26 Å². The minimum absolute atomic E-state index is 0.306. The largest absolute Gasteiger partial charge is 0.437 e. The highest BCUT2D eigenvalue weighted by Crippen LogP contribution is 2.32. The Morgan fingerprint density at radius 3 is 2.42 bits per heavy atom. The lowest BCUT2D eigenvalue weighted by Crippen LogP contribution is -1.98. The summed E-state index contributed by atoms with van der Waals surface area (Å²) >= 11 is 5.79. The molecule has 0 bridgehead atoms. The number of nitrogens with two attached hydrogens (primary N) is 1. The molecule has 1 aromatic heterocycles. The average molecular weight is 274 g/mol. The van der Waals surface area contributed by atoms with Crippen LogP contribution in [0.4, 0.5) is 5.69 Å². The molecule has 0 radical (unpaired) electrons. The second kappa shape index (κ2) is 5.17. The smallest absolute Gasteiger partial charge is 0.242 e. The number of nitrogen functional groups attached to an aromatic ring is 1. The lowest BCUT2D eigenvalue weighted by molar-refractivity contribution is 0.458. The van der Waals surface area contributed by atoms with Gasteiger partial charge in [-0.1, -0.05) is 11.6 Å². The number of nitrogens with zero attached hydrogens (tertiary/aromatic N) is 2. The first-order chi connectivity index (χ1) is 9.01. The number of hydrogen-bond donors (Lipinski definition) is 1. The number of ether oxygens (including phenoxy) is 1. The molecule has 0 unspecified atom stereocenters. The molecule has 0 aliphatic rings. The van der Waals surface area contributed by atoms with E-state index in [1.54, 1.807) is 18.2 Å². The van der Waals surface area contributed by atoms with E-state index < -0.39 is 0 Å². The molecule has 0 aliphatic heterocycles. The second-order valence-corrected chi connectivity index (χ2v) is 4.64. The van der Waals surface area contributed by atoms with Crippen molar-refractivity contribution in [1.29, 1.82) is 5.26 Å². The number of pyridine rings is 1. The van der Waals surface area contributed by atoms with E-state index in [9.17, 15) is 0 Å². The Morgan fingerprint density at radius 1 is 1.26 bits per heavy atom. The maximum absolute atomic E-state index is 8.90. The zero-order chi connectivity index (χ0) is 14.0. The fourth-order valence-electron chi connectivity index (χ4n) is 1.80. The Morgan fingerprint density at radius 2 is 1.89 bits per heavy atom. The van der Waals surface area contributed by atoms with Crippen LogP contribution in [0.3, 0.4) is 0 Å². The predicted octanol–water partition coefficient (Wildman–Crippen LogP) is 3.60. The molecule has 4 nitrogen and oxygen atoms in total. The maximum Gasteiger partial charge on any atom is 0.242 e. The molecule has 0 atom stereocenters. The van der Waals surface area contributed by atoms with E-state index in [0.29, 0.717) is 27.9 Å². The Kier molecular flexibility index (Phi) is 3.59. The third-order valence-electron chi connectivity index (χ3n) is 2.63. The molecular weight excluding hydrogens is 262 g/mol. The van der Waals surface area contributed by atoms with Crippen LogP contribution in [0.15, 0.2) is 24.4 Å². The standard InChI is InChI=1S/C14H12ClN3O/c1-8-3-10(6-16)4-9(2)13(8)19-14-12(17)5-11(15)7-18-14/h3-5,7H,17H2,1-2H3. The summed E-state index contributed by atoms with van der Waals surface area (Å²) in [6.45, 7) is 3.74. The quantitative estimate of drug-likeness (QED) is 0.907. The van der Waals surface area contributed by atoms with E-state index in [0.717, 1.165) is 11.1 Å². The van der Waals surface area contributed by atoms with Crippen molar-refractivity contribution in [2.45, 2.75) is 13.8 Å². The summed E-state index contributed by atoms with van der Waals surface area (Å²) in [6.07, 6.45) is 1.47. The molecular formula is C14H12ClN3O. The fraction of sp³-hybridized carbons (Fsp3) is 0.143. The highest BCUT2D eigenvalue weighted by molar-refractivity contribution is 6.30. The monoisotopic (exact) mass is 273 g/mol. The first-order valence-electron chi connectivity index (χ1n) is 5.61. The molecule has 2 N–H and O–H groups in total. The number of anilines is 1. The number of rotatable bonds is 2. The van der Waals surface area contributed by atoms with Gasteiger partial charge in [0.05, 0.1) is 22.3 Å². The van der Waals surface area contributed by atoms with Gasteiger partial charge in [0.15, 0.2) is 0 Å². The molecule has 96 valence electrons. The fourth-order valence-corrected chi connectivity index (χ4v) is 1.97. The summed E-state index contributed by atoms with van der Waals surface area (Å²) in [4.78, 5) is 4.05. The normalized spacial score (nSPS) is 10.0. The Bertz CT molecular complexity index is 654. The second-order valence-electron chi connectivity index (χ2n) is 4.20. The van der Waals surface area contributed by atoms with Gasteiger partial charge in [-0.15, -0.1) is 0 Å². The molecule has 0 saturated carbocycles. The summed E-state index contributed by atoms with van der Waals surface area (Å²) in [5, 5.41) is 9.36. The van der Waals surface area contributed by atoms with Gasteiger partial charge in [-0.25, -0.2) is 4.98 Å². The topological polar surface area (TPSA) is 71.9 Å².